The number of amides is 3. The van der Waals surface area contributed by atoms with Crippen LogP contribution in [0.1, 0.15) is 92.2 Å². The van der Waals surface area contributed by atoms with Gasteiger partial charge in [-0.2, -0.15) is 0 Å². The maximum atomic E-state index is 12.9. The average molecular weight is 647 g/mol. The first-order chi connectivity index (χ1) is 21.9. The van der Waals surface area contributed by atoms with E-state index in [0.717, 1.165) is 38.0 Å². The molecule has 4 aliphatic rings. The van der Waals surface area contributed by atoms with Gasteiger partial charge in [0.2, 0.25) is 5.91 Å². The number of hydrogen-bond donors (Lipinski definition) is 2. The van der Waals surface area contributed by atoms with Gasteiger partial charge in [0, 0.05) is 38.1 Å². The number of nitrogens with one attached hydrogen (secondary N) is 2. The van der Waals surface area contributed by atoms with Crippen LogP contribution < -0.4 is 10.6 Å². The number of nitrogens with zero attached hydrogens (tertiary/aromatic N) is 2. The summed E-state index contributed by atoms with van der Waals surface area (Å²) in [5, 5.41) is 6.16. The zero-order chi connectivity index (χ0) is 34.3. The van der Waals surface area contributed by atoms with Crippen LogP contribution in [0.25, 0.3) is 0 Å². The summed E-state index contributed by atoms with van der Waals surface area (Å²) in [6.45, 7) is 19.3. The van der Waals surface area contributed by atoms with Crippen LogP contribution in [0, 0.1) is 10.8 Å². The highest BCUT2D eigenvalue weighted by Crippen LogP contribution is 2.60. The molecule has 2 aliphatic carbocycles. The third-order valence-electron chi connectivity index (χ3n) is 10.1. The van der Waals surface area contributed by atoms with Gasteiger partial charge in [0.25, 0.3) is 0 Å². The smallest absolute Gasteiger partial charge is 0.408 e. The minimum atomic E-state index is -0.582. The van der Waals surface area contributed by atoms with Gasteiger partial charge in [-0.25, -0.2) is 9.59 Å². The highest BCUT2D eigenvalue weighted by Gasteiger charge is 2.69. The number of carbonyl (C=O) groups is 3. The van der Waals surface area contributed by atoms with Crippen LogP contribution in [0.3, 0.4) is 0 Å². The molecule has 0 radical (unpaired) electrons. The summed E-state index contributed by atoms with van der Waals surface area (Å²) < 4.78 is 10.9. The predicted octanol–water partition coefficient (Wildman–Crippen LogP) is 6.66. The van der Waals surface area contributed by atoms with Gasteiger partial charge in [0.15, 0.2) is 0 Å². The van der Waals surface area contributed by atoms with Crippen LogP contribution in [0.4, 0.5) is 9.59 Å². The number of likely N-dealkylation sites (tertiary alicyclic amines) is 2. The molecule has 6 rings (SSSR count). The predicted molar refractivity (Wildman–Crippen MR) is 182 cm³/mol. The number of benzene rings is 2. The van der Waals surface area contributed by atoms with Crippen LogP contribution in [-0.2, 0) is 27.4 Å². The van der Waals surface area contributed by atoms with E-state index in [4.69, 9.17) is 9.47 Å². The molecule has 2 saturated heterocycles. The molecule has 2 aliphatic heterocycles. The highest BCUT2D eigenvalue weighted by atomic mass is 16.6. The Morgan fingerprint density at radius 1 is 0.681 bits per heavy atom. The molecule has 0 bridgehead atoms. The Balaban J connectivity index is 0.000000185. The number of rotatable bonds is 6. The quantitative estimate of drug-likeness (QED) is 0.364. The molecule has 2 saturated carbocycles. The maximum absolute atomic E-state index is 12.9. The minimum absolute atomic E-state index is 0.143. The van der Waals surface area contributed by atoms with Crippen molar-refractivity contribution in [1.29, 1.82) is 0 Å². The molecule has 256 valence electrons. The lowest BCUT2D eigenvalue weighted by Crippen LogP contribution is -2.54. The van der Waals surface area contributed by atoms with E-state index in [1.807, 2.05) is 89.8 Å². The Labute approximate surface area is 280 Å². The molecule has 4 fully saturated rings. The lowest BCUT2D eigenvalue weighted by Gasteiger charge is -2.33. The molecule has 9 heteroatoms. The fraction of sp³-hybridized carbons (Fsp3) is 0.605. The van der Waals surface area contributed by atoms with Crippen molar-refractivity contribution in [2.24, 2.45) is 10.8 Å². The van der Waals surface area contributed by atoms with Gasteiger partial charge in [0.05, 0.1) is 16.5 Å². The Bertz CT molecular complexity index is 1440. The molecular formula is C38H54N4O5. The van der Waals surface area contributed by atoms with Crippen molar-refractivity contribution in [3.63, 3.8) is 0 Å². The van der Waals surface area contributed by atoms with Crippen molar-refractivity contribution in [2.45, 2.75) is 116 Å². The second-order valence-corrected chi connectivity index (χ2v) is 16.6. The molecule has 2 atom stereocenters. The third-order valence-corrected chi connectivity index (χ3v) is 10.1. The zero-order valence-electron chi connectivity index (χ0n) is 29.6. The fourth-order valence-corrected chi connectivity index (χ4v) is 7.44. The van der Waals surface area contributed by atoms with Gasteiger partial charge in [-0.1, -0.05) is 60.7 Å². The summed E-state index contributed by atoms with van der Waals surface area (Å²) in [4.78, 5) is 41.7. The van der Waals surface area contributed by atoms with Crippen molar-refractivity contribution in [3.8, 4) is 0 Å². The van der Waals surface area contributed by atoms with Crippen molar-refractivity contribution < 1.29 is 23.9 Å². The van der Waals surface area contributed by atoms with Crippen LogP contribution in [0.2, 0.25) is 0 Å². The van der Waals surface area contributed by atoms with Gasteiger partial charge in [-0.3, -0.25) is 9.69 Å². The van der Waals surface area contributed by atoms with E-state index < -0.39 is 28.2 Å². The van der Waals surface area contributed by atoms with Gasteiger partial charge >= 0.3 is 12.2 Å². The molecule has 2 unspecified atom stereocenters. The standard InChI is InChI=1S/C19H26N2O3.C19H28N2O2/c1-17(2,3)24-16(23)20-18(4)13-21(15(22)19(18)10-11-19)12-14-8-6-5-7-9-14;1-17(2,3)23-16(22)20-18(4)13-21(14-19(18)10-11-19)12-15-8-6-5-7-9-15/h5-9H,10-13H2,1-4H3,(H,20,23);5-9H,10-14H2,1-4H3,(H,20,22). The van der Waals surface area contributed by atoms with Crippen LogP contribution >= 0.6 is 0 Å². The fourth-order valence-electron chi connectivity index (χ4n) is 7.44. The lowest BCUT2D eigenvalue weighted by molar-refractivity contribution is -0.133. The number of hydrogen-bond acceptors (Lipinski definition) is 6. The van der Waals surface area contributed by atoms with E-state index in [1.54, 1.807) is 0 Å². The first-order valence-electron chi connectivity index (χ1n) is 17.0. The monoisotopic (exact) mass is 646 g/mol. The molecule has 9 nitrogen and oxygen atoms in total. The van der Waals surface area contributed by atoms with Gasteiger partial charge < -0.3 is 25.0 Å². The second kappa shape index (κ2) is 12.5. The summed E-state index contributed by atoms with van der Waals surface area (Å²) in [6, 6.07) is 20.5. The molecule has 47 heavy (non-hydrogen) atoms. The largest absolute Gasteiger partial charge is 0.444 e. The number of ether oxygens (including phenoxy) is 2. The SMILES string of the molecule is CC(C)(C)OC(=O)NC1(C)CN(Cc2ccccc2)C(=O)C12CC2.CC(C)(C)OC(=O)NC1(C)CN(Cc2ccccc2)CC12CC2. The first-order valence-corrected chi connectivity index (χ1v) is 17.0. The second-order valence-electron chi connectivity index (χ2n) is 16.6. The van der Waals surface area contributed by atoms with E-state index in [9.17, 15) is 14.4 Å². The summed E-state index contributed by atoms with van der Waals surface area (Å²) in [5.74, 6) is 0.143. The highest BCUT2D eigenvalue weighted by molar-refractivity contribution is 5.91. The van der Waals surface area contributed by atoms with Crippen LogP contribution in [0.5, 0.6) is 0 Å². The maximum Gasteiger partial charge on any atom is 0.408 e. The topological polar surface area (TPSA) is 100 Å². The van der Waals surface area contributed by atoms with Crippen LogP contribution in [0.15, 0.2) is 60.7 Å². The van der Waals surface area contributed by atoms with Gasteiger partial charge in [0.1, 0.15) is 11.2 Å². The normalized spacial score (nSPS) is 25.6. The number of carbonyl (C=O) groups excluding carboxylic acids is 3. The minimum Gasteiger partial charge on any atom is -0.444 e. The van der Waals surface area contributed by atoms with Crippen molar-refractivity contribution >= 4 is 18.1 Å². The average Bonchev–Trinajstić information content (AvgIpc) is 3.86. The molecule has 3 amide bonds. The van der Waals surface area contributed by atoms with Crippen LogP contribution in [-0.4, -0.2) is 69.8 Å². The van der Waals surface area contributed by atoms with E-state index in [0.29, 0.717) is 13.1 Å². The van der Waals surface area contributed by atoms with E-state index in [1.165, 1.54) is 18.4 Å². The molecule has 0 aromatic heterocycles. The molecule has 2 aromatic rings. The molecule has 2 aromatic carbocycles. The Hall–Kier alpha value is -3.59. The third kappa shape index (κ3) is 7.94. The summed E-state index contributed by atoms with van der Waals surface area (Å²) in [5.41, 5.74) is 0.388. The molecule has 2 heterocycles. The summed E-state index contributed by atoms with van der Waals surface area (Å²) >= 11 is 0. The lowest BCUT2D eigenvalue weighted by atomic mass is 9.85. The van der Waals surface area contributed by atoms with E-state index in [-0.39, 0.29) is 23.0 Å². The summed E-state index contributed by atoms with van der Waals surface area (Å²) in [7, 11) is 0. The van der Waals surface area contributed by atoms with Crippen molar-refractivity contribution in [3.05, 3.63) is 71.8 Å². The van der Waals surface area contributed by atoms with E-state index >= 15 is 0 Å². The Morgan fingerprint density at radius 2 is 1.15 bits per heavy atom. The molecule has 2 spiro atoms. The molecule has 2 N–H and O–H groups in total. The Morgan fingerprint density at radius 3 is 1.60 bits per heavy atom. The number of alkyl carbamates (subject to hydrolysis) is 2. The van der Waals surface area contributed by atoms with Gasteiger partial charge in [-0.05, 0) is 92.2 Å². The Kier molecular flexibility index (Phi) is 9.21. The molecular weight excluding hydrogens is 592 g/mol. The van der Waals surface area contributed by atoms with Crippen molar-refractivity contribution in [1.82, 2.24) is 20.4 Å². The van der Waals surface area contributed by atoms with E-state index in [2.05, 4.69) is 46.7 Å². The van der Waals surface area contributed by atoms with Gasteiger partial charge in [-0.15, -0.1) is 0 Å². The van der Waals surface area contributed by atoms with Crippen molar-refractivity contribution in [2.75, 3.05) is 19.6 Å². The first kappa shape index (κ1) is 34.7. The zero-order valence-corrected chi connectivity index (χ0v) is 29.6. The summed E-state index contributed by atoms with van der Waals surface area (Å²) in [6.07, 6.45) is 3.26.